The SMILES string of the molecule is CN=C(NCCCc1c[nH]c2ccccc12)NC1CCN(Cc2ccccc2)CC1. The number of rotatable bonds is 7. The van der Waals surface area contributed by atoms with Gasteiger partial charge in [-0.05, 0) is 42.9 Å². The number of piperidine rings is 1. The molecule has 4 rings (SSSR count). The third-order valence-electron chi connectivity index (χ3n) is 5.99. The van der Waals surface area contributed by atoms with Gasteiger partial charge in [-0.15, -0.1) is 0 Å². The second kappa shape index (κ2) is 10.3. The predicted octanol–water partition coefficient (Wildman–Crippen LogP) is 3.93. The number of hydrogen-bond donors (Lipinski definition) is 3. The molecule has 2 heterocycles. The fourth-order valence-electron chi connectivity index (χ4n) is 4.29. The van der Waals surface area contributed by atoms with E-state index >= 15 is 0 Å². The van der Waals surface area contributed by atoms with Crippen molar-refractivity contribution >= 4 is 16.9 Å². The molecular formula is C25H33N5. The molecule has 2 aromatic carbocycles. The minimum absolute atomic E-state index is 0.497. The van der Waals surface area contributed by atoms with Crippen molar-refractivity contribution in [3.05, 3.63) is 71.9 Å². The maximum absolute atomic E-state index is 4.43. The molecule has 30 heavy (non-hydrogen) atoms. The van der Waals surface area contributed by atoms with Crippen molar-refractivity contribution in [2.75, 3.05) is 26.7 Å². The van der Waals surface area contributed by atoms with Crippen LogP contribution in [0.3, 0.4) is 0 Å². The molecule has 0 spiro atoms. The van der Waals surface area contributed by atoms with Gasteiger partial charge < -0.3 is 15.6 Å². The number of fused-ring (bicyclic) bond motifs is 1. The number of likely N-dealkylation sites (tertiary alicyclic amines) is 1. The second-order valence-corrected chi connectivity index (χ2v) is 8.14. The van der Waals surface area contributed by atoms with E-state index in [1.807, 2.05) is 7.05 Å². The fourth-order valence-corrected chi connectivity index (χ4v) is 4.29. The van der Waals surface area contributed by atoms with Crippen LogP contribution in [0.5, 0.6) is 0 Å². The van der Waals surface area contributed by atoms with Crippen molar-refractivity contribution in [1.29, 1.82) is 0 Å². The number of nitrogens with one attached hydrogen (secondary N) is 3. The first-order valence-electron chi connectivity index (χ1n) is 11.1. The van der Waals surface area contributed by atoms with Gasteiger partial charge in [-0.25, -0.2) is 0 Å². The lowest BCUT2D eigenvalue weighted by molar-refractivity contribution is 0.198. The number of aromatic nitrogens is 1. The summed E-state index contributed by atoms with van der Waals surface area (Å²) in [5.41, 5.74) is 4.01. The molecule has 1 aliphatic heterocycles. The van der Waals surface area contributed by atoms with Crippen molar-refractivity contribution in [1.82, 2.24) is 20.5 Å². The van der Waals surface area contributed by atoms with Gasteiger partial charge in [-0.1, -0.05) is 48.5 Å². The molecule has 1 fully saturated rings. The zero-order valence-corrected chi connectivity index (χ0v) is 17.9. The standard InChI is InChI=1S/C25H33N5/c1-26-25(27-15-7-10-21-18-28-24-12-6-5-11-23(21)24)29-22-13-16-30(17-14-22)19-20-8-3-2-4-9-20/h2-6,8-9,11-12,18,22,28H,7,10,13-17,19H2,1H3,(H2,26,27,29). The summed E-state index contributed by atoms with van der Waals surface area (Å²) in [5.74, 6) is 0.926. The van der Waals surface area contributed by atoms with Crippen molar-refractivity contribution in [2.24, 2.45) is 4.99 Å². The first kappa shape index (κ1) is 20.5. The highest BCUT2D eigenvalue weighted by atomic mass is 15.2. The summed E-state index contributed by atoms with van der Waals surface area (Å²) >= 11 is 0. The van der Waals surface area contributed by atoms with Gasteiger partial charge in [-0.2, -0.15) is 0 Å². The highest BCUT2D eigenvalue weighted by molar-refractivity contribution is 5.83. The molecule has 0 atom stereocenters. The molecule has 5 heteroatoms. The lowest BCUT2D eigenvalue weighted by atomic mass is 10.0. The summed E-state index contributed by atoms with van der Waals surface area (Å²) in [7, 11) is 1.86. The third kappa shape index (κ3) is 5.42. The molecule has 0 amide bonds. The Balaban J connectivity index is 1.16. The van der Waals surface area contributed by atoms with Gasteiger partial charge in [0.05, 0.1) is 0 Å². The van der Waals surface area contributed by atoms with E-state index in [0.717, 1.165) is 57.8 Å². The zero-order valence-electron chi connectivity index (χ0n) is 17.9. The number of benzene rings is 2. The van der Waals surface area contributed by atoms with E-state index < -0.39 is 0 Å². The van der Waals surface area contributed by atoms with Gasteiger partial charge >= 0.3 is 0 Å². The van der Waals surface area contributed by atoms with Crippen LogP contribution >= 0.6 is 0 Å². The highest BCUT2D eigenvalue weighted by Gasteiger charge is 2.19. The average Bonchev–Trinajstić information content (AvgIpc) is 3.21. The number of para-hydroxylation sites is 1. The Morgan fingerprint density at radius 3 is 2.63 bits per heavy atom. The van der Waals surface area contributed by atoms with E-state index in [1.165, 1.54) is 22.0 Å². The van der Waals surface area contributed by atoms with E-state index in [2.05, 4.69) is 86.3 Å². The molecular weight excluding hydrogens is 370 g/mol. The molecule has 0 radical (unpaired) electrons. The summed E-state index contributed by atoms with van der Waals surface area (Å²) in [5, 5.41) is 8.45. The minimum atomic E-state index is 0.497. The van der Waals surface area contributed by atoms with Crippen molar-refractivity contribution in [3.63, 3.8) is 0 Å². The van der Waals surface area contributed by atoms with Crippen LogP contribution in [0.4, 0.5) is 0 Å². The van der Waals surface area contributed by atoms with Gasteiger partial charge in [0.1, 0.15) is 0 Å². The Labute approximate surface area is 179 Å². The zero-order chi connectivity index (χ0) is 20.6. The summed E-state index contributed by atoms with van der Waals surface area (Å²) in [6, 6.07) is 19.8. The first-order chi connectivity index (χ1) is 14.8. The van der Waals surface area contributed by atoms with Crippen LogP contribution < -0.4 is 10.6 Å². The normalized spacial score (nSPS) is 16.1. The summed E-state index contributed by atoms with van der Waals surface area (Å²) in [4.78, 5) is 10.3. The lowest BCUT2D eigenvalue weighted by Gasteiger charge is -2.33. The van der Waals surface area contributed by atoms with Crippen LogP contribution in [0.1, 0.15) is 30.4 Å². The van der Waals surface area contributed by atoms with Crippen LogP contribution in [-0.2, 0) is 13.0 Å². The van der Waals surface area contributed by atoms with Crippen LogP contribution in [0, 0.1) is 0 Å². The Morgan fingerprint density at radius 2 is 1.83 bits per heavy atom. The molecule has 0 saturated carbocycles. The molecule has 0 unspecified atom stereocenters. The maximum Gasteiger partial charge on any atom is 0.191 e. The highest BCUT2D eigenvalue weighted by Crippen LogP contribution is 2.18. The molecule has 158 valence electrons. The van der Waals surface area contributed by atoms with Gasteiger partial charge in [0.15, 0.2) is 5.96 Å². The topological polar surface area (TPSA) is 55.5 Å². The van der Waals surface area contributed by atoms with Gasteiger partial charge in [0.25, 0.3) is 0 Å². The van der Waals surface area contributed by atoms with E-state index in [4.69, 9.17) is 0 Å². The smallest absolute Gasteiger partial charge is 0.191 e. The number of guanidine groups is 1. The Bertz CT molecular complexity index is 938. The predicted molar refractivity (Wildman–Crippen MR) is 126 cm³/mol. The van der Waals surface area contributed by atoms with E-state index in [9.17, 15) is 0 Å². The van der Waals surface area contributed by atoms with E-state index in [0.29, 0.717) is 6.04 Å². The fraction of sp³-hybridized carbons (Fsp3) is 0.400. The number of hydrogen-bond acceptors (Lipinski definition) is 2. The molecule has 0 bridgehead atoms. The van der Waals surface area contributed by atoms with Crippen LogP contribution in [0.15, 0.2) is 65.8 Å². The summed E-state index contributed by atoms with van der Waals surface area (Å²) in [6.45, 7) is 4.23. The van der Waals surface area contributed by atoms with Gasteiger partial charge in [-0.3, -0.25) is 9.89 Å². The largest absolute Gasteiger partial charge is 0.361 e. The minimum Gasteiger partial charge on any atom is -0.361 e. The van der Waals surface area contributed by atoms with Crippen LogP contribution in [-0.4, -0.2) is 48.6 Å². The molecule has 3 aromatic rings. The Morgan fingerprint density at radius 1 is 1.07 bits per heavy atom. The third-order valence-corrected chi connectivity index (χ3v) is 5.99. The summed E-state index contributed by atoms with van der Waals surface area (Å²) < 4.78 is 0. The Kier molecular flexibility index (Phi) is 7.03. The quantitative estimate of drug-likeness (QED) is 0.318. The van der Waals surface area contributed by atoms with Gasteiger partial charge in [0.2, 0.25) is 0 Å². The van der Waals surface area contributed by atoms with Crippen LogP contribution in [0.2, 0.25) is 0 Å². The molecule has 0 aliphatic carbocycles. The van der Waals surface area contributed by atoms with E-state index in [-0.39, 0.29) is 0 Å². The average molecular weight is 404 g/mol. The Hall–Kier alpha value is -2.79. The number of aromatic amines is 1. The van der Waals surface area contributed by atoms with Crippen molar-refractivity contribution in [3.8, 4) is 0 Å². The molecule has 1 saturated heterocycles. The van der Waals surface area contributed by atoms with Crippen LogP contribution in [0.25, 0.3) is 10.9 Å². The van der Waals surface area contributed by atoms with Crippen molar-refractivity contribution < 1.29 is 0 Å². The molecule has 5 nitrogen and oxygen atoms in total. The van der Waals surface area contributed by atoms with Gasteiger partial charge in [0, 0.05) is 56.4 Å². The first-order valence-corrected chi connectivity index (χ1v) is 11.1. The molecule has 1 aromatic heterocycles. The van der Waals surface area contributed by atoms with E-state index in [1.54, 1.807) is 0 Å². The number of aryl methyl sites for hydroxylation is 1. The monoisotopic (exact) mass is 403 g/mol. The molecule has 1 aliphatic rings. The number of nitrogens with zero attached hydrogens (tertiary/aromatic N) is 2. The van der Waals surface area contributed by atoms with Crippen molar-refractivity contribution in [2.45, 2.75) is 38.3 Å². The summed E-state index contributed by atoms with van der Waals surface area (Å²) in [6.07, 6.45) is 6.59. The second-order valence-electron chi connectivity index (χ2n) is 8.14. The molecule has 3 N–H and O–H groups in total. The number of H-pyrrole nitrogens is 1. The maximum atomic E-state index is 4.43. The number of aliphatic imine (C=N–C) groups is 1. The lowest BCUT2D eigenvalue weighted by Crippen LogP contribution is -2.48.